The van der Waals surface area contributed by atoms with E-state index in [1.165, 1.54) is 6.92 Å². The predicted molar refractivity (Wildman–Crippen MR) is 39.6 cm³/mol. The highest BCUT2D eigenvalue weighted by Crippen LogP contribution is 2.17. The van der Waals surface area contributed by atoms with Gasteiger partial charge in [0, 0.05) is 6.54 Å². The third kappa shape index (κ3) is 1.46. The van der Waals surface area contributed by atoms with Gasteiger partial charge in [-0.25, -0.2) is 0 Å². The number of β-amino-alcohol motifs (C(OH)–C–C–N with tert-alkyl or cyclic N) is 1. The number of carboxylic acid groups (broad SMARTS) is 1. The van der Waals surface area contributed by atoms with E-state index in [1.54, 1.807) is 0 Å². The zero-order chi connectivity index (χ0) is 9.30. The number of hydrogen-bond donors (Lipinski definition) is 3. The van der Waals surface area contributed by atoms with Gasteiger partial charge in [0.1, 0.15) is 11.8 Å². The van der Waals surface area contributed by atoms with Gasteiger partial charge in [-0.3, -0.25) is 9.59 Å². The summed E-state index contributed by atoms with van der Waals surface area (Å²) in [7, 11) is 0. The van der Waals surface area contributed by atoms with Gasteiger partial charge in [-0.2, -0.15) is 0 Å². The highest BCUT2D eigenvalue weighted by molar-refractivity contribution is 5.87. The van der Waals surface area contributed by atoms with Gasteiger partial charge in [0.05, 0.1) is 12.0 Å². The van der Waals surface area contributed by atoms with Crippen LogP contribution in [0.15, 0.2) is 0 Å². The molecular weight excluding hydrogens is 162 g/mol. The second-order valence-corrected chi connectivity index (χ2v) is 2.93. The van der Waals surface area contributed by atoms with E-state index in [-0.39, 0.29) is 12.3 Å². The van der Waals surface area contributed by atoms with Gasteiger partial charge in [-0.15, -0.1) is 0 Å². The van der Waals surface area contributed by atoms with E-state index in [0.717, 1.165) is 0 Å². The van der Waals surface area contributed by atoms with Crippen LogP contribution in [-0.2, 0) is 9.59 Å². The Hall–Kier alpha value is -0.940. The molecule has 1 unspecified atom stereocenters. The van der Waals surface area contributed by atoms with Crippen molar-refractivity contribution >= 4 is 11.8 Å². The fraction of sp³-hybridized carbons (Fsp3) is 0.714. The molecule has 1 aliphatic heterocycles. The van der Waals surface area contributed by atoms with E-state index in [4.69, 9.17) is 5.11 Å². The predicted octanol–water partition coefficient (Wildman–Crippen LogP) is -1.39. The van der Waals surface area contributed by atoms with Gasteiger partial charge in [0.25, 0.3) is 0 Å². The molecular formula is C7H11NO4. The minimum Gasteiger partial charge on any atom is -0.480 e. The molecule has 0 spiro atoms. The standard InChI is InChI=1S/C7H11NO4/c1-3(9)5-4(10)2-8-6(5)7(11)12/h4-6,8,10H,2H2,1H3,(H,11,12)/t4?,5-,6+/m1/s1. The van der Waals surface area contributed by atoms with Crippen LogP contribution in [0.2, 0.25) is 0 Å². The Balaban J connectivity index is 2.77. The molecule has 0 aromatic carbocycles. The lowest BCUT2D eigenvalue weighted by Gasteiger charge is -2.13. The molecule has 1 rings (SSSR count). The Morgan fingerprint density at radius 2 is 2.08 bits per heavy atom. The third-order valence-corrected chi connectivity index (χ3v) is 2.06. The molecule has 5 nitrogen and oxygen atoms in total. The van der Waals surface area contributed by atoms with Crippen LogP contribution in [0, 0.1) is 5.92 Å². The summed E-state index contributed by atoms with van der Waals surface area (Å²) in [4.78, 5) is 21.4. The minimum atomic E-state index is -1.09. The number of aliphatic hydroxyl groups is 1. The Morgan fingerprint density at radius 1 is 1.50 bits per heavy atom. The van der Waals surface area contributed by atoms with Gasteiger partial charge in [-0.05, 0) is 6.92 Å². The average Bonchev–Trinajstić information content (AvgIpc) is 2.30. The van der Waals surface area contributed by atoms with Crippen LogP contribution in [0.4, 0.5) is 0 Å². The SMILES string of the molecule is CC(=O)[C@@H]1C(O)CN[C@@H]1C(=O)O. The maximum absolute atomic E-state index is 10.9. The van der Waals surface area contributed by atoms with Gasteiger partial charge in [0.2, 0.25) is 0 Å². The fourth-order valence-electron chi connectivity index (χ4n) is 1.47. The van der Waals surface area contributed by atoms with E-state index < -0.39 is 24.0 Å². The van der Waals surface area contributed by atoms with E-state index in [2.05, 4.69) is 5.32 Å². The van der Waals surface area contributed by atoms with Crippen LogP contribution in [0.25, 0.3) is 0 Å². The van der Waals surface area contributed by atoms with E-state index in [0.29, 0.717) is 0 Å². The van der Waals surface area contributed by atoms with Crippen LogP contribution in [0.1, 0.15) is 6.92 Å². The largest absolute Gasteiger partial charge is 0.480 e. The smallest absolute Gasteiger partial charge is 0.321 e. The molecule has 1 heterocycles. The van der Waals surface area contributed by atoms with Crippen molar-refractivity contribution in [2.45, 2.75) is 19.1 Å². The molecule has 0 radical (unpaired) electrons. The lowest BCUT2D eigenvalue weighted by Crippen LogP contribution is -2.39. The lowest BCUT2D eigenvalue weighted by atomic mass is 9.95. The first-order valence-corrected chi connectivity index (χ1v) is 3.68. The third-order valence-electron chi connectivity index (χ3n) is 2.06. The number of hydrogen-bond acceptors (Lipinski definition) is 4. The highest BCUT2D eigenvalue weighted by atomic mass is 16.4. The van der Waals surface area contributed by atoms with Gasteiger partial charge >= 0.3 is 5.97 Å². The molecule has 0 aliphatic carbocycles. The van der Waals surface area contributed by atoms with E-state index in [1.807, 2.05) is 0 Å². The minimum absolute atomic E-state index is 0.168. The maximum atomic E-state index is 10.9. The van der Waals surface area contributed by atoms with Crippen molar-refractivity contribution < 1.29 is 19.8 Å². The summed E-state index contributed by atoms with van der Waals surface area (Å²) in [5, 5.41) is 20.4. The van der Waals surface area contributed by atoms with Crippen molar-refractivity contribution in [3.8, 4) is 0 Å². The number of carbonyl (C=O) groups excluding carboxylic acids is 1. The Morgan fingerprint density at radius 3 is 2.42 bits per heavy atom. The van der Waals surface area contributed by atoms with Crippen LogP contribution < -0.4 is 5.32 Å². The van der Waals surface area contributed by atoms with Crippen molar-refractivity contribution in [2.75, 3.05) is 6.54 Å². The second-order valence-electron chi connectivity index (χ2n) is 2.93. The van der Waals surface area contributed by atoms with E-state index >= 15 is 0 Å². The second kappa shape index (κ2) is 3.20. The van der Waals surface area contributed by atoms with E-state index in [9.17, 15) is 14.7 Å². The summed E-state index contributed by atoms with van der Waals surface area (Å²) >= 11 is 0. The first-order valence-electron chi connectivity index (χ1n) is 3.68. The topological polar surface area (TPSA) is 86.6 Å². The first-order chi connectivity index (χ1) is 5.54. The summed E-state index contributed by atoms with van der Waals surface area (Å²) in [6.45, 7) is 1.46. The number of carbonyl (C=O) groups is 2. The summed E-state index contributed by atoms with van der Waals surface area (Å²) in [5.74, 6) is -2.19. The Kier molecular flexibility index (Phi) is 2.44. The monoisotopic (exact) mass is 173 g/mol. The van der Waals surface area contributed by atoms with Crippen molar-refractivity contribution in [2.24, 2.45) is 5.92 Å². The van der Waals surface area contributed by atoms with Crippen molar-refractivity contribution in [3.63, 3.8) is 0 Å². The number of aliphatic carboxylic acids is 1. The molecule has 0 aromatic heterocycles. The molecule has 3 N–H and O–H groups in total. The summed E-state index contributed by atoms with van der Waals surface area (Å²) in [6.07, 6.45) is -0.872. The van der Waals surface area contributed by atoms with Crippen LogP contribution >= 0.6 is 0 Å². The molecule has 0 amide bonds. The van der Waals surface area contributed by atoms with Crippen molar-refractivity contribution in [1.29, 1.82) is 0 Å². The number of nitrogens with one attached hydrogen (secondary N) is 1. The zero-order valence-corrected chi connectivity index (χ0v) is 6.65. The number of aliphatic hydroxyl groups excluding tert-OH is 1. The molecule has 0 bridgehead atoms. The molecule has 1 aliphatic rings. The average molecular weight is 173 g/mol. The van der Waals surface area contributed by atoms with Crippen LogP contribution in [-0.4, -0.2) is 40.7 Å². The summed E-state index contributed by atoms with van der Waals surface area (Å²) in [5.41, 5.74) is 0. The number of Topliss-reactive ketones (excluding diaryl/α,β-unsaturated/α-hetero) is 1. The first kappa shape index (κ1) is 9.15. The fourth-order valence-corrected chi connectivity index (χ4v) is 1.47. The maximum Gasteiger partial charge on any atom is 0.321 e. The summed E-state index contributed by atoms with van der Waals surface area (Å²) < 4.78 is 0. The molecule has 3 atom stereocenters. The molecule has 12 heavy (non-hydrogen) atoms. The zero-order valence-electron chi connectivity index (χ0n) is 6.65. The van der Waals surface area contributed by atoms with Crippen LogP contribution in [0.5, 0.6) is 0 Å². The number of ketones is 1. The molecule has 1 saturated heterocycles. The number of carboxylic acids is 1. The molecule has 5 heteroatoms. The Labute approximate surface area is 69.4 Å². The van der Waals surface area contributed by atoms with Crippen molar-refractivity contribution in [3.05, 3.63) is 0 Å². The normalized spacial score (nSPS) is 35.0. The quantitative estimate of drug-likeness (QED) is 0.478. The van der Waals surface area contributed by atoms with Crippen LogP contribution in [0.3, 0.4) is 0 Å². The molecule has 1 fully saturated rings. The Bertz CT molecular complexity index is 215. The molecule has 68 valence electrons. The molecule has 0 aromatic rings. The summed E-state index contributed by atoms with van der Waals surface area (Å²) in [6, 6.07) is -0.933. The van der Waals surface area contributed by atoms with Crippen molar-refractivity contribution in [1.82, 2.24) is 5.32 Å². The number of rotatable bonds is 2. The van der Waals surface area contributed by atoms with Gasteiger partial charge in [0.15, 0.2) is 0 Å². The highest BCUT2D eigenvalue weighted by Gasteiger charge is 2.41. The lowest BCUT2D eigenvalue weighted by molar-refractivity contribution is -0.143. The molecule has 0 saturated carbocycles. The van der Waals surface area contributed by atoms with Gasteiger partial charge in [-0.1, -0.05) is 0 Å². The van der Waals surface area contributed by atoms with Gasteiger partial charge < -0.3 is 15.5 Å².